The Bertz CT molecular complexity index is 1300. The van der Waals surface area contributed by atoms with Gasteiger partial charge < -0.3 is 24.4 Å². The lowest BCUT2D eigenvalue weighted by molar-refractivity contribution is -0.245. The minimum atomic E-state index is -0.711. The molecule has 7 aliphatic rings. The second-order valence-electron chi connectivity index (χ2n) is 18.1. The topological polar surface area (TPSA) is 88.5 Å². The van der Waals surface area contributed by atoms with E-state index < -0.39 is 6.29 Å². The van der Waals surface area contributed by atoms with Crippen molar-refractivity contribution in [1.82, 2.24) is 0 Å². The van der Waals surface area contributed by atoms with Gasteiger partial charge in [0.05, 0.1) is 17.8 Å². The minimum Gasteiger partial charge on any atom is -0.459 e. The Morgan fingerprint density at radius 2 is 1.65 bits per heavy atom. The molecule has 0 aromatic rings. The number of esters is 1. The highest BCUT2D eigenvalue weighted by atomic mass is 16.7. The van der Waals surface area contributed by atoms with E-state index in [-0.39, 0.29) is 74.9 Å². The van der Waals surface area contributed by atoms with Crippen LogP contribution in [0.4, 0.5) is 0 Å². The summed E-state index contributed by atoms with van der Waals surface area (Å²) in [5.41, 5.74) is -0.0831. The summed E-state index contributed by atoms with van der Waals surface area (Å²) in [4.78, 5) is 12.9. The maximum atomic E-state index is 12.9. The van der Waals surface area contributed by atoms with Crippen LogP contribution in [0, 0.1) is 50.7 Å². The molecule has 13 unspecified atom stereocenters. The predicted molar refractivity (Wildman–Crippen MR) is 178 cm³/mol. The molecule has 2 N–H and O–H groups in total. The molecule has 7 rings (SSSR count). The van der Waals surface area contributed by atoms with Crippen molar-refractivity contribution in [2.75, 3.05) is 0 Å². The zero-order valence-electron chi connectivity index (χ0n) is 29.5. The van der Waals surface area contributed by atoms with Gasteiger partial charge in [0.1, 0.15) is 12.2 Å². The number of carbonyl (C=O) groups is 1. The molecule has 0 aromatic carbocycles. The van der Waals surface area contributed by atoms with Crippen LogP contribution in [-0.4, -0.2) is 52.5 Å². The standard InChI is InChI=1S/C40H60O6/c1-8-9-10-11-12-13-14-15-32(42)45-31-18-19-37(6)28-17-20-39-24-40(39,38(28,7)30(41)23-29(37)35(31,2)3)21-16-26(39)25-22-27(44-34(25)43)33-36(4,5)46-33/h10-15,25-31,33-34,41,43H,8-9,16-24H2,1-7H3. The number of fused-ring (bicyclic) bond motifs is 3. The van der Waals surface area contributed by atoms with Crippen LogP contribution in [0.2, 0.25) is 0 Å². The quantitative estimate of drug-likeness (QED) is 0.123. The Morgan fingerprint density at radius 1 is 0.913 bits per heavy atom. The number of aliphatic hydroxyl groups is 2. The fourth-order valence-electron chi connectivity index (χ4n) is 13.3. The minimum absolute atomic E-state index is 0.0156. The van der Waals surface area contributed by atoms with Crippen LogP contribution in [0.25, 0.3) is 0 Å². The van der Waals surface area contributed by atoms with Gasteiger partial charge in [0, 0.05) is 22.8 Å². The van der Waals surface area contributed by atoms with Crippen LogP contribution in [0.1, 0.15) is 119 Å². The van der Waals surface area contributed by atoms with E-state index in [1.54, 1.807) is 6.08 Å². The second-order valence-corrected chi connectivity index (χ2v) is 18.1. The second kappa shape index (κ2) is 11.0. The monoisotopic (exact) mass is 636 g/mol. The molecule has 7 fully saturated rings. The average Bonchev–Trinajstić information content (AvgIpc) is 3.75. The molecule has 6 heteroatoms. The fraction of sp³-hybridized carbons (Fsp3) is 0.825. The first-order valence-corrected chi connectivity index (χ1v) is 18.6. The number of ether oxygens (including phenoxy) is 3. The molecule has 2 saturated heterocycles. The predicted octanol–water partition coefficient (Wildman–Crippen LogP) is 7.68. The molecule has 13 atom stereocenters. The molecule has 5 aliphatic carbocycles. The summed E-state index contributed by atoms with van der Waals surface area (Å²) in [6.45, 7) is 15.9. The summed E-state index contributed by atoms with van der Waals surface area (Å²) in [5, 5.41) is 23.5. The lowest BCUT2D eigenvalue weighted by Crippen LogP contribution is -2.66. The van der Waals surface area contributed by atoms with Crippen molar-refractivity contribution in [2.45, 2.75) is 155 Å². The van der Waals surface area contributed by atoms with Gasteiger partial charge in [-0.1, -0.05) is 71.4 Å². The Balaban J connectivity index is 1.06. The molecule has 2 aliphatic heterocycles. The molecule has 0 bridgehead atoms. The van der Waals surface area contributed by atoms with Gasteiger partial charge >= 0.3 is 5.97 Å². The summed E-state index contributed by atoms with van der Waals surface area (Å²) in [6, 6.07) is 0. The largest absolute Gasteiger partial charge is 0.459 e. The fourth-order valence-corrected chi connectivity index (χ4v) is 13.3. The molecule has 5 saturated carbocycles. The third-order valence-electron chi connectivity index (χ3n) is 15.6. The molecular formula is C40H60O6. The van der Waals surface area contributed by atoms with Crippen LogP contribution in [0.15, 0.2) is 36.5 Å². The van der Waals surface area contributed by atoms with Crippen molar-refractivity contribution in [3.63, 3.8) is 0 Å². The molecule has 0 amide bonds. The van der Waals surface area contributed by atoms with Crippen LogP contribution in [-0.2, 0) is 19.0 Å². The molecule has 46 heavy (non-hydrogen) atoms. The Kier molecular flexibility index (Phi) is 7.92. The number of epoxide rings is 1. The highest BCUT2D eigenvalue weighted by Gasteiger charge is 2.86. The Morgan fingerprint density at radius 3 is 2.37 bits per heavy atom. The first-order chi connectivity index (χ1) is 21.7. The van der Waals surface area contributed by atoms with E-state index in [0.29, 0.717) is 11.8 Å². The van der Waals surface area contributed by atoms with Crippen molar-refractivity contribution in [1.29, 1.82) is 0 Å². The summed E-state index contributed by atoms with van der Waals surface area (Å²) in [7, 11) is 0. The third-order valence-corrected chi connectivity index (χ3v) is 15.6. The van der Waals surface area contributed by atoms with E-state index in [4.69, 9.17) is 14.2 Å². The van der Waals surface area contributed by atoms with E-state index >= 15 is 0 Å². The normalized spacial score (nSPS) is 51.5. The summed E-state index contributed by atoms with van der Waals surface area (Å²) in [6.07, 6.45) is 21.6. The lowest BCUT2D eigenvalue weighted by atomic mass is 9.37. The zero-order chi connectivity index (χ0) is 32.9. The van der Waals surface area contributed by atoms with E-state index in [2.05, 4.69) is 54.5 Å². The van der Waals surface area contributed by atoms with Crippen LogP contribution in [0.5, 0.6) is 0 Å². The number of allylic oxidation sites excluding steroid dienone is 5. The molecule has 0 aromatic heterocycles. The highest BCUT2D eigenvalue weighted by molar-refractivity contribution is 5.82. The van der Waals surface area contributed by atoms with E-state index in [0.717, 1.165) is 57.8 Å². The van der Waals surface area contributed by atoms with Gasteiger partial charge in [-0.15, -0.1) is 0 Å². The maximum Gasteiger partial charge on any atom is 0.331 e. The first kappa shape index (κ1) is 33.0. The van der Waals surface area contributed by atoms with Crippen molar-refractivity contribution >= 4 is 5.97 Å². The highest BCUT2D eigenvalue weighted by Crippen LogP contribution is 2.91. The zero-order valence-corrected chi connectivity index (χ0v) is 29.5. The number of carbonyl (C=O) groups excluding carboxylic acids is 1. The van der Waals surface area contributed by atoms with Gasteiger partial charge in [0.25, 0.3) is 0 Å². The SMILES string of the molecule is CCCC=CC=CC=CC(=O)OC1CCC2(C)C(CC(O)C3(C)C2CCC24CC23CCC4C2CC(C3OC3(C)C)OC2O)C1(C)C. The van der Waals surface area contributed by atoms with Gasteiger partial charge in [-0.2, -0.15) is 0 Å². The van der Waals surface area contributed by atoms with Gasteiger partial charge in [-0.05, 0) is 112 Å². The number of rotatable bonds is 8. The van der Waals surface area contributed by atoms with Crippen molar-refractivity contribution in [3.05, 3.63) is 36.5 Å². The lowest BCUT2D eigenvalue weighted by Gasteiger charge is -2.68. The van der Waals surface area contributed by atoms with E-state index in [1.807, 2.05) is 18.2 Å². The first-order valence-electron chi connectivity index (χ1n) is 18.6. The summed E-state index contributed by atoms with van der Waals surface area (Å²) >= 11 is 0. The van der Waals surface area contributed by atoms with Gasteiger partial charge in [0.15, 0.2) is 6.29 Å². The summed E-state index contributed by atoms with van der Waals surface area (Å²) < 4.78 is 18.3. The Labute approximate surface area is 277 Å². The number of hydrogen-bond donors (Lipinski definition) is 2. The number of aliphatic hydroxyl groups excluding tert-OH is 2. The molecule has 256 valence electrons. The van der Waals surface area contributed by atoms with Crippen molar-refractivity contribution in [3.8, 4) is 0 Å². The smallest absolute Gasteiger partial charge is 0.331 e. The van der Waals surface area contributed by atoms with Crippen LogP contribution in [0.3, 0.4) is 0 Å². The van der Waals surface area contributed by atoms with E-state index in [1.165, 1.54) is 18.9 Å². The Hall–Kier alpha value is -1.47. The molecular weight excluding hydrogens is 576 g/mol. The number of unbranched alkanes of at least 4 members (excludes halogenated alkanes) is 1. The van der Waals surface area contributed by atoms with Crippen molar-refractivity contribution in [2.24, 2.45) is 50.7 Å². The van der Waals surface area contributed by atoms with Crippen LogP contribution >= 0.6 is 0 Å². The molecule has 0 radical (unpaired) electrons. The summed E-state index contributed by atoms with van der Waals surface area (Å²) in [5.74, 6) is 1.04. The molecule has 6 nitrogen and oxygen atoms in total. The van der Waals surface area contributed by atoms with Gasteiger partial charge in [-0.25, -0.2) is 4.79 Å². The maximum absolute atomic E-state index is 12.9. The number of hydrogen-bond acceptors (Lipinski definition) is 6. The molecule has 2 heterocycles. The third kappa shape index (κ3) is 4.58. The van der Waals surface area contributed by atoms with Gasteiger partial charge in [0.2, 0.25) is 0 Å². The average molecular weight is 637 g/mol. The van der Waals surface area contributed by atoms with Crippen LogP contribution < -0.4 is 0 Å². The van der Waals surface area contributed by atoms with Crippen molar-refractivity contribution < 1.29 is 29.2 Å². The molecule has 0 spiro atoms. The van der Waals surface area contributed by atoms with Gasteiger partial charge in [-0.3, -0.25) is 0 Å². The van der Waals surface area contributed by atoms with E-state index in [9.17, 15) is 15.0 Å².